The minimum Gasteiger partial charge on any atom is -0.448 e. The lowest BCUT2D eigenvalue weighted by molar-refractivity contribution is 0.0939. The molecule has 0 aromatic carbocycles. The zero-order valence-electron chi connectivity index (χ0n) is 14.5. The third kappa shape index (κ3) is 3.55. The van der Waals surface area contributed by atoms with Crippen LogP contribution in [0.25, 0.3) is 0 Å². The van der Waals surface area contributed by atoms with Gasteiger partial charge in [-0.2, -0.15) is 5.10 Å². The van der Waals surface area contributed by atoms with E-state index in [1.807, 2.05) is 12.1 Å². The molecule has 3 rings (SSSR count). The van der Waals surface area contributed by atoms with Crippen LogP contribution in [-0.4, -0.2) is 40.7 Å². The molecule has 1 aliphatic rings. The van der Waals surface area contributed by atoms with E-state index in [9.17, 15) is 4.79 Å². The predicted octanol–water partition coefficient (Wildman–Crippen LogP) is 1.94. The molecule has 7 nitrogen and oxygen atoms in total. The van der Waals surface area contributed by atoms with E-state index in [4.69, 9.17) is 4.42 Å². The summed E-state index contributed by atoms with van der Waals surface area (Å²) < 4.78 is 5.05. The van der Waals surface area contributed by atoms with Gasteiger partial charge in [-0.3, -0.25) is 4.79 Å². The highest BCUT2D eigenvalue weighted by atomic mass is 16.3. The number of hydrogen-bond donors (Lipinski definition) is 1. The smallest absolute Gasteiger partial charge is 0.273 e. The number of hydrogen-bond acceptors (Lipinski definition) is 6. The fourth-order valence-electron chi connectivity index (χ4n) is 2.58. The first-order chi connectivity index (χ1) is 11.3. The average Bonchev–Trinajstić information content (AvgIpc) is 2.91. The van der Waals surface area contributed by atoms with Crippen molar-refractivity contribution in [3.63, 3.8) is 0 Å². The van der Waals surface area contributed by atoms with Gasteiger partial charge in [-0.1, -0.05) is 20.8 Å². The molecule has 1 saturated heterocycles. The van der Waals surface area contributed by atoms with Crippen molar-refractivity contribution in [1.82, 2.24) is 20.5 Å². The zero-order valence-corrected chi connectivity index (χ0v) is 14.5. The maximum Gasteiger partial charge on any atom is 0.273 e. The summed E-state index contributed by atoms with van der Waals surface area (Å²) in [6.07, 6.45) is 1.38. The lowest BCUT2D eigenvalue weighted by Crippen LogP contribution is -2.52. The van der Waals surface area contributed by atoms with Crippen LogP contribution < -0.4 is 10.2 Å². The first-order valence-corrected chi connectivity index (χ1v) is 8.12. The summed E-state index contributed by atoms with van der Waals surface area (Å²) >= 11 is 0. The molecule has 1 amide bonds. The summed E-state index contributed by atoms with van der Waals surface area (Å²) in [6.45, 7) is 10.4. The molecule has 0 unspecified atom stereocenters. The number of anilines is 1. The topological polar surface area (TPSA) is 84.2 Å². The van der Waals surface area contributed by atoms with Gasteiger partial charge >= 0.3 is 0 Å². The first kappa shape index (κ1) is 16.4. The molecule has 7 heteroatoms. The number of rotatable bonds is 4. The molecule has 0 radical (unpaired) electrons. The van der Waals surface area contributed by atoms with Gasteiger partial charge in [0.15, 0.2) is 17.4 Å². The van der Waals surface area contributed by atoms with Gasteiger partial charge in [0.1, 0.15) is 6.26 Å². The molecule has 128 valence electrons. The number of carbonyl (C=O) groups excluding carboxylic acids is 1. The predicted molar refractivity (Wildman–Crippen MR) is 90.0 cm³/mol. The molecule has 2 aromatic heterocycles. The first-order valence-electron chi connectivity index (χ1n) is 8.12. The Morgan fingerprint density at radius 1 is 1.33 bits per heavy atom. The number of aromatic nitrogens is 3. The molecule has 0 aliphatic carbocycles. The summed E-state index contributed by atoms with van der Waals surface area (Å²) in [5.74, 6) is 1.59. The van der Waals surface area contributed by atoms with Gasteiger partial charge in [-0.15, -0.1) is 5.10 Å². The van der Waals surface area contributed by atoms with Gasteiger partial charge in [0.2, 0.25) is 0 Å². The molecule has 1 aliphatic heterocycles. The van der Waals surface area contributed by atoms with Crippen LogP contribution in [0.15, 0.2) is 22.8 Å². The Balaban J connectivity index is 1.46. The van der Waals surface area contributed by atoms with Crippen molar-refractivity contribution in [2.75, 3.05) is 24.5 Å². The van der Waals surface area contributed by atoms with Crippen LogP contribution in [0.3, 0.4) is 0 Å². The standard InChI is InChI=1S/C17H23N5O2/c1-11-19-13(10-24-11)16(23)18-7-12-8-22(9-12)15-6-5-14(20-21-15)17(2,3)4/h5-6,10,12H,7-9H2,1-4H3,(H,18,23). The number of carbonyl (C=O) groups is 1. The molecule has 0 saturated carbocycles. The number of amides is 1. The summed E-state index contributed by atoms with van der Waals surface area (Å²) in [5.41, 5.74) is 1.32. The van der Waals surface area contributed by atoms with Gasteiger partial charge in [-0.25, -0.2) is 4.98 Å². The molecular formula is C17H23N5O2. The second-order valence-electron chi connectivity index (χ2n) is 7.26. The van der Waals surface area contributed by atoms with Crippen molar-refractivity contribution in [3.05, 3.63) is 35.7 Å². The Morgan fingerprint density at radius 2 is 2.08 bits per heavy atom. The summed E-state index contributed by atoms with van der Waals surface area (Å²) in [7, 11) is 0. The molecule has 1 N–H and O–H groups in total. The van der Waals surface area contributed by atoms with Gasteiger partial charge in [0.05, 0.1) is 5.69 Å². The van der Waals surface area contributed by atoms with Crippen molar-refractivity contribution in [1.29, 1.82) is 0 Å². The van der Waals surface area contributed by atoms with Crippen LogP contribution in [0.4, 0.5) is 5.82 Å². The molecular weight excluding hydrogens is 306 g/mol. The van der Waals surface area contributed by atoms with Gasteiger partial charge in [-0.05, 0) is 12.1 Å². The van der Waals surface area contributed by atoms with Crippen molar-refractivity contribution < 1.29 is 9.21 Å². The second kappa shape index (κ2) is 6.22. The van der Waals surface area contributed by atoms with Crippen molar-refractivity contribution in [3.8, 4) is 0 Å². The van der Waals surface area contributed by atoms with E-state index in [2.05, 4.69) is 46.2 Å². The molecule has 0 spiro atoms. The Hall–Kier alpha value is -2.44. The summed E-state index contributed by atoms with van der Waals surface area (Å²) in [4.78, 5) is 18.1. The number of oxazole rings is 1. The third-order valence-electron chi connectivity index (χ3n) is 4.10. The van der Waals surface area contributed by atoms with Gasteiger partial charge in [0.25, 0.3) is 5.91 Å². The Kier molecular flexibility index (Phi) is 4.26. The van der Waals surface area contributed by atoms with E-state index in [0.717, 1.165) is 24.6 Å². The van der Waals surface area contributed by atoms with E-state index >= 15 is 0 Å². The van der Waals surface area contributed by atoms with E-state index in [1.165, 1.54) is 6.26 Å². The molecule has 0 bridgehead atoms. The maximum atomic E-state index is 11.9. The SMILES string of the molecule is Cc1nc(C(=O)NCC2CN(c3ccc(C(C)(C)C)nn3)C2)co1. The van der Waals surface area contributed by atoms with Crippen LogP contribution in [0.2, 0.25) is 0 Å². The van der Waals surface area contributed by atoms with E-state index < -0.39 is 0 Å². The quantitative estimate of drug-likeness (QED) is 0.923. The van der Waals surface area contributed by atoms with Gasteiger partial charge < -0.3 is 14.6 Å². The normalized spacial score (nSPS) is 15.2. The fourth-order valence-corrected chi connectivity index (χ4v) is 2.58. The number of nitrogens with zero attached hydrogens (tertiary/aromatic N) is 4. The highest BCUT2D eigenvalue weighted by molar-refractivity contribution is 5.91. The second-order valence-corrected chi connectivity index (χ2v) is 7.26. The van der Waals surface area contributed by atoms with E-state index in [1.54, 1.807) is 6.92 Å². The van der Waals surface area contributed by atoms with Crippen molar-refractivity contribution in [2.24, 2.45) is 5.92 Å². The van der Waals surface area contributed by atoms with E-state index in [0.29, 0.717) is 24.0 Å². The number of aryl methyl sites for hydroxylation is 1. The van der Waals surface area contributed by atoms with Crippen molar-refractivity contribution >= 4 is 11.7 Å². The summed E-state index contributed by atoms with van der Waals surface area (Å²) in [6, 6.07) is 4.05. The minimum absolute atomic E-state index is 0.00671. The highest BCUT2D eigenvalue weighted by Crippen LogP contribution is 2.24. The maximum absolute atomic E-state index is 11.9. The zero-order chi connectivity index (χ0) is 17.3. The molecule has 3 heterocycles. The minimum atomic E-state index is -0.195. The van der Waals surface area contributed by atoms with Crippen molar-refractivity contribution in [2.45, 2.75) is 33.1 Å². The Bertz CT molecular complexity index is 711. The largest absolute Gasteiger partial charge is 0.448 e. The van der Waals surface area contributed by atoms with Crippen LogP contribution in [0, 0.1) is 12.8 Å². The lowest BCUT2D eigenvalue weighted by Gasteiger charge is -2.40. The monoisotopic (exact) mass is 329 g/mol. The highest BCUT2D eigenvalue weighted by Gasteiger charge is 2.29. The van der Waals surface area contributed by atoms with Crippen LogP contribution in [0.1, 0.15) is 42.8 Å². The average molecular weight is 329 g/mol. The fraction of sp³-hybridized carbons (Fsp3) is 0.529. The Morgan fingerprint density at radius 3 is 2.62 bits per heavy atom. The van der Waals surface area contributed by atoms with E-state index in [-0.39, 0.29) is 11.3 Å². The van der Waals surface area contributed by atoms with Gasteiger partial charge in [0, 0.05) is 37.9 Å². The lowest BCUT2D eigenvalue weighted by atomic mass is 9.92. The van der Waals surface area contributed by atoms with Crippen LogP contribution in [0.5, 0.6) is 0 Å². The molecule has 1 fully saturated rings. The van der Waals surface area contributed by atoms with Crippen LogP contribution in [-0.2, 0) is 5.41 Å². The summed E-state index contributed by atoms with van der Waals surface area (Å²) in [5, 5.41) is 11.5. The van der Waals surface area contributed by atoms with Crippen LogP contribution >= 0.6 is 0 Å². The molecule has 0 atom stereocenters. The number of nitrogens with one attached hydrogen (secondary N) is 1. The molecule has 24 heavy (non-hydrogen) atoms. The molecule has 2 aromatic rings. The Labute approximate surface area is 141 Å². The third-order valence-corrected chi connectivity index (χ3v) is 4.10.